The van der Waals surface area contributed by atoms with Gasteiger partial charge in [-0.3, -0.25) is 24.2 Å². The van der Waals surface area contributed by atoms with E-state index in [1.807, 2.05) is 17.0 Å². The van der Waals surface area contributed by atoms with Crippen molar-refractivity contribution in [3.63, 3.8) is 0 Å². The van der Waals surface area contributed by atoms with Crippen molar-refractivity contribution in [1.29, 1.82) is 5.26 Å². The summed E-state index contributed by atoms with van der Waals surface area (Å²) in [5.74, 6) is 1.07. The SMILES string of the molecule is CNC(=O)C(CCC=O)N1Cc2cc(F)c(N3CCN(CC4CCN(c5ccc(C=O)c(CN(C)[C@H]6CC[C@H](Oc7ccc(C#N)c(Cl)c7)CC6)n5)CC4)CC3)cc2C1=O. The molecule has 2 aromatic carbocycles. The first-order valence-electron chi connectivity index (χ1n) is 21.1. The lowest BCUT2D eigenvalue weighted by atomic mass is 9.92. The first-order chi connectivity index (χ1) is 29.1. The Balaban J connectivity index is 0.872. The number of carbonyl (C=O) groups is 4. The molecule has 318 valence electrons. The highest BCUT2D eigenvalue weighted by Crippen LogP contribution is 2.34. The number of piperidine rings is 1. The molecule has 7 rings (SSSR count). The van der Waals surface area contributed by atoms with E-state index in [9.17, 15) is 19.2 Å². The number of aldehydes is 2. The number of anilines is 2. The molecule has 3 aromatic rings. The molecule has 1 N–H and O–H groups in total. The third kappa shape index (κ3) is 9.75. The van der Waals surface area contributed by atoms with E-state index in [4.69, 9.17) is 26.6 Å². The molecule has 0 radical (unpaired) electrons. The summed E-state index contributed by atoms with van der Waals surface area (Å²) < 4.78 is 21.7. The molecule has 1 saturated carbocycles. The normalized spacial score (nSPS) is 20.5. The number of nitrogens with zero attached hydrogens (tertiary/aromatic N) is 7. The molecular weight excluding hydrogens is 787 g/mol. The van der Waals surface area contributed by atoms with E-state index in [1.54, 1.807) is 24.3 Å². The number of pyridine rings is 1. The minimum absolute atomic E-state index is 0.0813. The summed E-state index contributed by atoms with van der Waals surface area (Å²) >= 11 is 6.20. The summed E-state index contributed by atoms with van der Waals surface area (Å²) in [5, 5.41) is 12.1. The highest BCUT2D eigenvalue weighted by molar-refractivity contribution is 6.31. The Labute approximate surface area is 356 Å². The maximum absolute atomic E-state index is 15.5. The van der Waals surface area contributed by atoms with Crippen LogP contribution in [-0.4, -0.2) is 122 Å². The van der Waals surface area contributed by atoms with Gasteiger partial charge >= 0.3 is 0 Å². The Morgan fingerprint density at radius 3 is 2.45 bits per heavy atom. The summed E-state index contributed by atoms with van der Waals surface area (Å²) in [5.41, 5.74) is 3.21. The van der Waals surface area contributed by atoms with Crippen LogP contribution in [0.15, 0.2) is 42.5 Å². The number of benzene rings is 2. The number of hydrogen-bond donors (Lipinski definition) is 1. The maximum Gasteiger partial charge on any atom is 0.255 e. The Morgan fingerprint density at radius 2 is 1.78 bits per heavy atom. The van der Waals surface area contributed by atoms with Gasteiger partial charge in [-0.15, -0.1) is 0 Å². The average Bonchev–Trinajstić information content (AvgIpc) is 3.57. The topological polar surface area (TPSA) is 142 Å². The van der Waals surface area contributed by atoms with Crippen LogP contribution in [0.3, 0.4) is 0 Å². The van der Waals surface area contributed by atoms with Crippen molar-refractivity contribution in [3.8, 4) is 11.8 Å². The first-order valence-corrected chi connectivity index (χ1v) is 21.5. The van der Waals surface area contributed by atoms with Crippen LogP contribution in [0.1, 0.15) is 88.9 Å². The number of amides is 2. The van der Waals surface area contributed by atoms with Gasteiger partial charge in [0.2, 0.25) is 5.91 Å². The van der Waals surface area contributed by atoms with Crippen LogP contribution in [0.2, 0.25) is 5.02 Å². The van der Waals surface area contributed by atoms with Crippen LogP contribution in [0.4, 0.5) is 15.9 Å². The lowest BCUT2D eigenvalue weighted by molar-refractivity contribution is -0.125. The van der Waals surface area contributed by atoms with E-state index < -0.39 is 6.04 Å². The third-order valence-electron chi connectivity index (χ3n) is 12.8. The number of fused-ring (bicyclic) bond motifs is 1. The number of halogens is 2. The molecular formula is C45H54ClFN8O5. The van der Waals surface area contributed by atoms with E-state index in [0.29, 0.717) is 70.3 Å². The van der Waals surface area contributed by atoms with E-state index in [0.717, 1.165) is 95.3 Å². The quantitative estimate of drug-likeness (QED) is 0.195. The number of hydrogen-bond acceptors (Lipinski definition) is 11. The molecule has 1 atom stereocenters. The number of nitrogens with one attached hydrogen (secondary N) is 1. The molecule has 2 saturated heterocycles. The highest BCUT2D eigenvalue weighted by atomic mass is 35.5. The Bertz CT molecular complexity index is 2090. The molecule has 3 aliphatic heterocycles. The minimum Gasteiger partial charge on any atom is -0.490 e. The smallest absolute Gasteiger partial charge is 0.255 e. The maximum atomic E-state index is 15.5. The summed E-state index contributed by atoms with van der Waals surface area (Å²) in [7, 11) is 3.60. The molecule has 3 fully saturated rings. The van der Waals surface area contributed by atoms with Crippen molar-refractivity contribution in [1.82, 2.24) is 25.0 Å². The summed E-state index contributed by atoms with van der Waals surface area (Å²) in [4.78, 5) is 64.7. The van der Waals surface area contributed by atoms with Crippen LogP contribution in [0.5, 0.6) is 5.75 Å². The predicted molar refractivity (Wildman–Crippen MR) is 227 cm³/mol. The zero-order valence-electron chi connectivity index (χ0n) is 34.5. The molecule has 0 spiro atoms. The van der Waals surface area contributed by atoms with Crippen LogP contribution < -0.4 is 19.9 Å². The molecule has 1 aliphatic carbocycles. The lowest BCUT2D eigenvalue weighted by Gasteiger charge is -2.40. The van der Waals surface area contributed by atoms with Crippen LogP contribution in [-0.2, 0) is 22.7 Å². The van der Waals surface area contributed by atoms with Crippen molar-refractivity contribution < 1.29 is 28.3 Å². The fourth-order valence-electron chi connectivity index (χ4n) is 9.27. The van der Waals surface area contributed by atoms with Crippen molar-refractivity contribution in [2.45, 2.75) is 82.6 Å². The molecule has 13 nitrogen and oxygen atoms in total. The second-order valence-electron chi connectivity index (χ2n) is 16.5. The number of nitriles is 1. The van der Waals surface area contributed by atoms with Gasteiger partial charge in [0.1, 0.15) is 35.8 Å². The molecule has 4 heterocycles. The van der Waals surface area contributed by atoms with Gasteiger partial charge < -0.3 is 29.5 Å². The largest absolute Gasteiger partial charge is 0.490 e. The number of rotatable bonds is 15. The molecule has 4 aliphatic rings. The Morgan fingerprint density at radius 1 is 1.03 bits per heavy atom. The molecule has 1 aromatic heterocycles. The van der Waals surface area contributed by atoms with Crippen LogP contribution in [0.25, 0.3) is 0 Å². The van der Waals surface area contributed by atoms with Gasteiger partial charge in [0.15, 0.2) is 6.29 Å². The van der Waals surface area contributed by atoms with E-state index in [-0.39, 0.29) is 43.1 Å². The summed E-state index contributed by atoms with van der Waals surface area (Å²) in [6, 6.07) is 13.7. The average molecular weight is 841 g/mol. The fraction of sp³-hybridized carbons (Fsp3) is 0.511. The molecule has 0 bridgehead atoms. The Kier molecular flexibility index (Phi) is 14.0. The van der Waals surface area contributed by atoms with E-state index in [1.165, 1.54) is 18.0 Å². The van der Waals surface area contributed by atoms with Gasteiger partial charge in [-0.25, -0.2) is 9.37 Å². The van der Waals surface area contributed by atoms with Crippen molar-refractivity contribution in [3.05, 3.63) is 81.3 Å². The van der Waals surface area contributed by atoms with Crippen LogP contribution in [0, 0.1) is 23.1 Å². The second kappa shape index (κ2) is 19.5. The van der Waals surface area contributed by atoms with Gasteiger partial charge in [0.05, 0.1) is 28.1 Å². The van der Waals surface area contributed by atoms with Crippen molar-refractivity contribution in [2.24, 2.45) is 5.92 Å². The van der Waals surface area contributed by atoms with E-state index >= 15 is 4.39 Å². The third-order valence-corrected chi connectivity index (χ3v) is 13.1. The first kappa shape index (κ1) is 43.0. The molecule has 60 heavy (non-hydrogen) atoms. The molecule has 2 amide bonds. The summed E-state index contributed by atoms with van der Waals surface area (Å²) in [6.45, 7) is 6.28. The molecule has 1 unspecified atom stereocenters. The van der Waals surface area contributed by atoms with Gasteiger partial charge in [-0.2, -0.15) is 5.26 Å². The zero-order chi connectivity index (χ0) is 42.3. The van der Waals surface area contributed by atoms with Gasteiger partial charge in [0.25, 0.3) is 5.91 Å². The zero-order valence-corrected chi connectivity index (χ0v) is 35.2. The second-order valence-corrected chi connectivity index (χ2v) is 16.9. The lowest BCUT2D eigenvalue weighted by Crippen LogP contribution is -2.49. The van der Waals surface area contributed by atoms with Crippen molar-refractivity contribution in [2.75, 3.05) is 69.7 Å². The summed E-state index contributed by atoms with van der Waals surface area (Å²) in [6.07, 6.45) is 7.83. The monoisotopic (exact) mass is 840 g/mol. The van der Waals surface area contributed by atoms with E-state index in [2.05, 4.69) is 33.1 Å². The predicted octanol–water partition coefficient (Wildman–Crippen LogP) is 5.47. The number of carbonyl (C=O) groups excluding carboxylic acids is 4. The van der Waals surface area contributed by atoms with Crippen LogP contribution >= 0.6 is 11.6 Å². The van der Waals surface area contributed by atoms with Gasteiger partial charge in [-0.05, 0) is 99.9 Å². The fourth-order valence-corrected chi connectivity index (χ4v) is 9.48. The standard InChI is InChI=1S/C45H54ClFN8O5/c1-49-44(58)41(4-3-21-56)55-27-33-22-39(47)42(24-37(33)45(55)59)53-19-17-52(18-20-53)26-30-13-15-54(16-14-30)43-12-6-32(29-57)40(50-43)28-51(2)34-7-10-35(11-8-34)60-36-9-5-31(25-48)38(46)23-36/h5-6,9,12,21-24,29-30,34-35,41H,3-4,7-8,10-11,13-20,26-28H2,1-2H3,(H,49,58)/t34-,35-,41?. The van der Waals surface area contributed by atoms with Gasteiger partial charge in [0, 0.05) is 95.6 Å². The Hall–Kier alpha value is -5.10. The van der Waals surface area contributed by atoms with Crippen molar-refractivity contribution >= 4 is 47.5 Å². The minimum atomic E-state index is -0.793. The molecule has 15 heteroatoms. The number of piperazine rings is 1. The van der Waals surface area contributed by atoms with Gasteiger partial charge in [-0.1, -0.05) is 11.6 Å². The number of aromatic nitrogens is 1. The number of likely N-dealkylation sites (N-methyl/N-ethyl adjacent to an activating group) is 1. The highest BCUT2D eigenvalue weighted by Gasteiger charge is 2.37. The number of ether oxygens (including phenoxy) is 1.